The third kappa shape index (κ3) is 4.34. The molecular weight excluding hydrogens is 444 g/mol. The maximum Gasteiger partial charge on any atom is 0.294 e. The number of anilines is 2. The van der Waals surface area contributed by atoms with Crippen molar-refractivity contribution in [3.05, 3.63) is 75.6 Å². The molecular formula is C25H28N8O2. The Morgan fingerprint density at radius 2 is 2.03 bits per heavy atom. The normalized spacial score (nSPS) is 14.7. The van der Waals surface area contributed by atoms with Gasteiger partial charge in [0.25, 0.3) is 5.56 Å². The minimum absolute atomic E-state index is 0.179. The summed E-state index contributed by atoms with van der Waals surface area (Å²) in [4.78, 5) is 35.1. The van der Waals surface area contributed by atoms with Crippen molar-refractivity contribution in [3.8, 4) is 0 Å². The highest BCUT2D eigenvalue weighted by Crippen LogP contribution is 2.24. The Morgan fingerprint density at radius 3 is 2.83 bits per heavy atom. The molecule has 180 valence electrons. The lowest BCUT2D eigenvalue weighted by Crippen LogP contribution is -2.36. The van der Waals surface area contributed by atoms with Crippen LogP contribution in [-0.2, 0) is 31.4 Å². The molecule has 1 aromatic carbocycles. The Bertz CT molecular complexity index is 1470. The molecule has 3 N–H and O–H groups in total. The monoisotopic (exact) mass is 472 g/mol. The standard InChI is InChI=1S/C25H28N8O2/c1-15-17(5-9-22(26-2)31-15)12-29-24(34)21-8-6-19-14-28-23(25(35)33(19)21)27-11-16-4-7-20-18(10-16)13-30-32(20)3/h4-5,7,9-10,13-14,21H,6,8,11-12H2,1-3H3,(H,26,31)(H,27,28)(H,29,34)/t21-/m0/s1. The summed E-state index contributed by atoms with van der Waals surface area (Å²) in [6.07, 6.45) is 4.71. The van der Waals surface area contributed by atoms with Crippen LogP contribution in [0.15, 0.2) is 47.5 Å². The largest absolute Gasteiger partial charge is 0.373 e. The summed E-state index contributed by atoms with van der Waals surface area (Å²) in [7, 11) is 3.72. The Hall–Kier alpha value is -4.21. The van der Waals surface area contributed by atoms with E-state index in [2.05, 4.69) is 31.0 Å². The summed E-state index contributed by atoms with van der Waals surface area (Å²) in [6.45, 7) is 2.71. The van der Waals surface area contributed by atoms with Crippen LogP contribution in [0.2, 0.25) is 0 Å². The number of aromatic nitrogens is 5. The first-order chi connectivity index (χ1) is 16.9. The molecule has 0 radical (unpaired) electrons. The first-order valence-electron chi connectivity index (χ1n) is 11.6. The van der Waals surface area contributed by atoms with Gasteiger partial charge in [-0.05, 0) is 49.1 Å². The zero-order chi connectivity index (χ0) is 24.5. The van der Waals surface area contributed by atoms with Gasteiger partial charge in [0, 0.05) is 50.2 Å². The highest BCUT2D eigenvalue weighted by atomic mass is 16.2. The molecule has 0 saturated carbocycles. The number of fused-ring (bicyclic) bond motifs is 2. The Labute approximate surface area is 202 Å². The van der Waals surface area contributed by atoms with Crippen molar-refractivity contribution in [1.29, 1.82) is 0 Å². The summed E-state index contributed by atoms with van der Waals surface area (Å²) in [5, 5.41) is 14.4. The number of carbonyl (C=O) groups is 1. The van der Waals surface area contributed by atoms with Crippen LogP contribution in [0.1, 0.15) is 35.0 Å². The molecule has 4 aromatic rings. The summed E-state index contributed by atoms with van der Waals surface area (Å²) >= 11 is 0. The lowest BCUT2D eigenvalue weighted by Gasteiger charge is -2.16. The van der Waals surface area contributed by atoms with Crippen molar-refractivity contribution in [3.63, 3.8) is 0 Å². The molecule has 5 rings (SSSR count). The molecule has 10 nitrogen and oxygen atoms in total. The van der Waals surface area contributed by atoms with E-state index in [0.29, 0.717) is 25.9 Å². The second-order valence-electron chi connectivity index (χ2n) is 8.75. The third-order valence-corrected chi connectivity index (χ3v) is 6.54. The quantitative estimate of drug-likeness (QED) is 0.378. The average Bonchev–Trinajstić information content (AvgIpc) is 3.46. The lowest BCUT2D eigenvalue weighted by atomic mass is 10.1. The van der Waals surface area contributed by atoms with Crippen LogP contribution in [0.3, 0.4) is 0 Å². The number of carbonyl (C=O) groups excluding carboxylic acids is 1. The van der Waals surface area contributed by atoms with Gasteiger partial charge in [0.2, 0.25) is 5.91 Å². The van der Waals surface area contributed by atoms with Gasteiger partial charge in [0.15, 0.2) is 5.82 Å². The van der Waals surface area contributed by atoms with E-state index in [1.54, 1.807) is 10.8 Å². The Balaban J connectivity index is 1.29. The van der Waals surface area contributed by atoms with E-state index in [4.69, 9.17) is 0 Å². The van der Waals surface area contributed by atoms with E-state index in [1.165, 1.54) is 0 Å². The molecule has 0 aliphatic carbocycles. The van der Waals surface area contributed by atoms with E-state index in [0.717, 1.165) is 39.2 Å². The molecule has 35 heavy (non-hydrogen) atoms. The van der Waals surface area contributed by atoms with Crippen LogP contribution < -0.4 is 21.5 Å². The second-order valence-corrected chi connectivity index (χ2v) is 8.75. The summed E-state index contributed by atoms with van der Waals surface area (Å²) in [5.74, 6) is 0.839. The van der Waals surface area contributed by atoms with Gasteiger partial charge < -0.3 is 16.0 Å². The van der Waals surface area contributed by atoms with Crippen molar-refractivity contribution < 1.29 is 4.79 Å². The number of amides is 1. The van der Waals surface area contributed by atoms with Crippen molar-refractivity contribution in [2.45, 2.75) is 38.9 Å². The van der Waals surface area contributed by atoms with E-state index in [1.807, 2.05) is 62.2 Å². The first-order valence-corrected chi connectivity index (χ1v) is 11.6. The van der Waals surface area contributed by atoms with Crippen LogP contribution in [0.25, 0.3) is 10.9 Å². The minimum Gasteiger partial charge on any atom is -0.373 e. The van der Waals surface area contributed by atoms with Gasteiger partial charge in [-0.25, -0.2) is 9.97 Å². The molecule has 1 aliphatic heterocycles. The lowest BCUT2D eigenvalue weighted by molar-refractivity contribution is -0.124. The predicted molar refractivity (Wildman–Crippen MR) is 134 cm³/mol. The van der Waals surface area contributed by atoms with E-state index < -0.39 is 6.04 Å². The number of nitrogens with one attached hydrogen (secondary N) is 3. The Kier molecular flexibility index (Phi) is 5.94. The van der Waals surface area contributed by atoms with Crippen LogP contribution in [0, 0.1) is 6.92 Å². The summed E-state index contributed by atoms with van der Waals surface area (Å²) in [6, 6.07) is 9.30. The van der Waals surface area contributed by atoms with Crippen LogP contribution >= 0.6 is 0 Å². The number of pyridine rings is 1. The number of hydrogen-bond acceptors (Lipinski definition) is 7. The number of aryl methyl sites for hydroxylation is 3. The molecule has 0 spiro atoms. The highest BCUT2D eigenvalue weighted by molar-refractivity contribution is 5.81. The maximum absolute atomic E-state index is 13.2. The first kappa shape index (κ1) is 22.6. The molecule has 1 amide bonds. The maximum atomic E-state index is 13.2. The van der Waals surface area contributed by atoms with Gasteiger partial charge in [-0.15, -0.1) is 0 Å². The molecule has 0 bridgehead atoms. The third-order valence-electron chi connectivity index (χ3n) is 6.54. The second kappa shape index (κ2) is 9.21. The van der Waals surface area contributed by atoms with Gasteiger partial charge in [-0.1, -0.05) is 12.1 Å². The van der Waals surface area contributed by atoms with Crippen LogP contribution in [0.5, 0.6) is 0 Å². The molecule has 1 aliphatic rings. The molecule has 0 saturated heterocycles. The summed E-state index contributed by atoms with van der Waals surface area (Å²) in [5.41, 5.74) is 4.33. The van der Waals surface area contributed by atoms with Gasteiger partial charge in [-0.2, -0.15) is 5.10 Å². The van der Waals surface area contributed by atoms with Crippen molar-refractivity contribution in [2.24, 2.45) is 7.05 Å². The van der Waals surface area contributed by atoms with E-state index >= 15 is 0 Å². The molecule has 10 heteroatoms. The zero-order valence-electron chi connectivity index (χ0n) is 20.0. The fourth-order valence-corrected chi connectivity index (χ4v) is 4.54. The van der Waals surface area contributed by atoms with Crippen molar-refractivity contribution in [2.75, 3.05) is 17.7 Å². The van der Waals surface area contributed by atoms with Crippen molar-refractivity contribution >= 4 is 28.4 Å². The smallest absolute Gasteiger partial charge is 0.294 e. The molecule has 4 heterocycles. The fraction of sp³-hybridized carbons (Fsp3) is 0.320. The van der Waals surface area contributed by atoms with E-state index in [9.17, 15) is 9.59 Å². The van der Waals surface area contributed by atoms with Gasteiger partial charge in [0.1, 0.15) is 11.9 Å². The number of nitrogens with zero attached hydrogens (tertiary/aromatic N) is 5. The van der Waals surface area contributed by atoms with Crippen LogP contribution in [-0.4, -0.2) is 37.3 Å². The van der Waals surface area contributed by atoms with Gasteiger partial charge in [-0.3, -0.25) is 18.8 Å². The highest BCUT2D eigenvalue weighted by Gasteiger charge is 2.30. The molecule has 3 aromatic heterocycles. The van der Waals surface area contributed by atoms with Gasteiger partial charge >= 0.3 is 0 Å². The van der Waals surface area contributed by atoms with E-state index in [-0.39, 0.29) is 17.3 Å². The summed E-state index contributed by atoms with van der Waals surface area (Å²) < 4.78 is 3.39. The number of rotatable bonds is 7. The number of benzene rings is 1. The average molecular weight is 473 g/mol. The fourth-order valence-electron chi connectivity index (χ4n) is 4.54. The van der Waals surface area contributed by atoms with Crippen molar-refractivity contribution in [1.82, 2.24) is 29.6 Å². The minimum atomic E-state index is -0.558. The van der Waals surface area contributed by atoms with Gasteiger partial charge in [0.05, 0.1) is 11.7 Å². The predicted octanol–water partition coefficient (Wildman–Crippen LogP) is 2.29. The molecule has 1 atom stereocenters. The SMILES string of the molecule is CNc1ccc(CNC(=O)[C@@H]2CCc3cnc(NCc4ccc5c(cnn5C)c4)c(=O)n32)c(C)n1. The zero-order valence-corrected chi connectivity index (χ0v) is 20.0. The Morgan fingerprint density at radius 1 is 1.17 bits per heavy atom. The van der Waals surface area contributed by atoms with Crippen LogP contribution in [0.4, 0.5) is 11.6 Å². The molecule has 0 unspecified atom stereocenters. The number of hydrogen-bond donors (Lipinski definition) is 3. The molecule has 0 fully saturated rings. The topological polar surface area (TPSA) is 119 Å².